The number of halogens is 2. The van der Waals surface area contributed by atoms with Crippen molar-refractivity contribution in [3.8, 4) is 0 Å². The summed E-state index contributed by atoms with van der Waals surface area (Å²) >= 11 is 11.6. The molecule has 1 aromatic carbocycles. The van der Waals surface area contributed by atoms with Crippen LogP contribution in [0, 0.1) is 0 Å². The Labute approximate surface area is 103 Å². The van der Waals surface area contributed by atoms with E-state index in [2.05, 4.69) is 10.6 Å². The van der Waals surface area contributed by atoms with Crippen molar-refractivity contribution in [2.24, 2.45) is 0 Å². The summed E-state index contributed by atoms with van der Waals surface area (Å²) in [5.41, 5.74) is 0.238. The summed E-state index contributed by atoms with van der Waals surface area (Å²) in [5, 5.41) is 5.28. The summed E-state index contributed by atoms with van der Waals surface area (Å²) < 4.78 is 0. The number of anilines is 1. The lowest BCUT2D eigenvalue weighted by molar-refractivity contribution is -0.136. The van der Waals surface area contributed by atoms with Crippen LogP contribution in [0.25, 0.3) is 0 Å². The Morgan fingerprint density at radius 3 is 2.25 bits per heavy atom. The van der Waals surface area contributed by atoms with Gasteiger partial charge in [0.1, 0.15) is 0 Å². The Bertz CT molecular complexity index is 401. The number of rotatable bonds is 2. The molecule has 1 rings (SSSR count). The molecule has 0 radical (unpaired) electrons. The summed E-state index contributed by atoms with van der Waals surface area (Å²) in [5.74, 6) is -1.52. The van der Waals surface area contributed by atoms with Crippen LogP contribution in [-0.4, -0.2) is 18.4 Å². The molecule has 0 saturated carbocycles. The van der Waals surface area contributed by atoms with Crippen LogP contribution in [0.3, 0.4) is 0 Å². The molecule has 0 fully saturated rings. The Balaban J connectivity index is 2.81. The fourth-order valence-corrected chi connectivity index (χ4v) is 1.52. The monoisotopic (exact) mass is 260 g/mol. The van der Waals surface area contributed by atoms with Gasteiger partial charge in [0, 0.05) is 6.54 Å². The number of likely N-dealkylation sites (N-methyl/N-ethyl adjacent to an activating group) is 1. The van der Waals surface area contributed by atoms with Crippen LogP contribution < -0.4 is 10.6 Å². The molecule has 16 heavy (non-hydrogen) atoms. The van der Waals surface area contributed by atoms with Gasteiger partial charge in [0.25, 0.3) is 0 Å². The van der Waals surface area contributed by atoms with Gasteiger partial charge in [-0.25, -0.2) is 0 Å². The molecule has 2 N–H and O–H groups in total. The number of hydrogen-bond donors (Lipinski definition) is 2. The van der Waals surface area contributed by atoms with Gasteiger partial charge < -0.3 is 10.6 Å². The number of hydrogen-bond acceptors (Lipinski definition) is 2. The molecule has 0 aliphatic carbocycles. The highest BCUT2D eigenvalue weighted by Crippen LogP contribution is 2.29. The third kappa shape index (κ3) is 3.12. The second-order valence-electron chi connectivity index (χ2n) is 2.91. The molecule has 0 aliphatic heterocycles. The van der Waals surface area contributed by atoms with E-state index in [1.54, 1.807) is 25.1 Å². The first-order valence-electron chi connectivity index (χ1n) is 4.59. The number of benzene rings is 1. The molecule has 2 amide bonds. The summed E-state index contributed by atoms with van der Waals surface area (Å²) in [6.45, 7) is 2.09. The molecule has 0 atom stereocenters. The minimum absolute atomic E-state index is 0.238. The molecular formula is C10H10Cl2N2O2. The average molecular weight is 261 g/mol. The second-order valence-corrected chi connectivity index (χ2v) is 3.72. The number of para-hydroxylation sites is 1. The van der Waals surface area contributed by atoms with E-state index in [9.17, 15) is 9.59 Å². The first kappa shape index (κ1) is 12.8. The van der Waals surface area contributed by atoms with Gasteiger partial charge >= 0.3 is 11.8 Å². The maximum atomic E-state index is 11.4. The van der Waals surface area contributed by atoms with Crippen molar-refractivity contribution in [2.45, 2.75) is 6.92 Å². The quantitative estimate of drug-likeness (QED) is 0.800. The van der Waals surface area contributed by atoms with Crippen molar-refractivity contribution in [1.82, 2.24) is 5.32 Å². The molecule has 6 heteroatoms. The van der Waals surface area contributed by atoms with Gasteiger partial charge in [0.2, 0.25) is 0 Å². The zero-order valence-electron chi connectivity index (χ0n) is 8.51. The topological polar surface area (TPSA) is 58.2 Å². The van der Waals surface area contributed by atoms with E-state index in [4.69, 9.17) is 23.2 Å². The number of carbonyl (C=O) groups is 2. The van der Waals surface area contributed by atoms with E-state index in [1.165, 1.54) is 0 Å². The van der Waals surface area contributed by atoms with Crippen LogP contribution in [0.15, 0.2) is 18.2 Å². The maximum absolute atomic E-state index is 11.4. The van der Waals surface area contributed by atoms with E-state index < -0.39 is 11.8 Å². The smallest absolute Gasteiger partial charge is 0.313 e. The van der Waals surface area contributed by atoms with Crippen LogP contribution >= 0.6 is 23.2 Å². The molecule has 0 unspecified atom stereocenters. The first-order chi connectivity index (χ1) is 7.56. The Morgan fingerprint density at radius 2 is 1.75 bits per heavy atom. The van der Waals surface area contributed by atoms with Gasteiger partial charge in [-0.05, 0) is 19.1 Å². The minimum atomic E-state index is -0.795. The van der Waals surface area contributed by atoms with Crippen LogP contribution in [0.1, 0.15) is 6.92 Å². The molecule has 86 valence electrons. The zero-order chi connectivity index (χ0) is 12.1. The predicted octanol–water partition coefficient (Wildman–Crippen LogP) is 2.07. The fraction of sp³-hybridized carbons (Fsp3) is 0.200. The Kier molecular flexibility index (Phi) is 4.58. The molecular weight excluding hydrogens is 251 g/mol. The van der Waals surface area contributed by atoms with Gasteiger partial charge in [-0.15, -0.1) is 0 Å². The number of amides is 2. The van der Waals surface area contributed by atoms with Crippen molar-refractivity contribution in [3.05, 3.63) is 28.2 Å². The van der Waals surface area contributed by atoms with Gasteiger partial charge in [0.15, 0.2) is 0 Å². The third-order valence-electron chi connectivity index (χ3n) is 1.74. The molecule has 0 bridgehead atoms. The molecule has 0 aromatic heterocycles. The van der Waals surface area contributed by atoms with E-state index >= 15 is 0 Å². The van der Waals surface area contributed by atoms with Crippen molar-refractivity contribution in [3.63, 3.8) is 0 Å². The van der Waals surface area contributed by atoms with Crippen LogP contribution in [0.5, 0.6) is 0 Å². The van der Waals surface area contributed by atoms with Gasteiger partial charge in [0.05, 0.1) is 15.7 Å². The number of nitrogens with one attached hydrogen (secondary N) is 2. The first-order valence-corrected chi connectivity index (χ1v) is 5.35. The fourth-order valence-electron chi connectivity index (χ4n) is 1.03. The maximum Gasteiger partial charge on any atom is 0.313 e. The highest BCUT2D eigenvalue weighted by atomic mass is 35.5. The van der Waals surface area contributed by atoms with Crippen LogP contribution in [0.2, 0.25) is 10.0 Å². The summed E-state index contributed by atoms with van der Waals surface area (Å²) in [4.78, 5) is 22.5. The predicted molar refractivity (Wildman–Crippen MR) is 63.8 cm³/mol. The van der Waals surface area contributed by atoms with Gasteiger partial charge in [-0.3, -0.25) is 9.59 Å². The highest BCUT2D eigenvalue weighted by Gasteiger charge is 2.15. The summed E-state index contributed by atoms with van der Waals surface area (Å²) in [6, 6.07) is 4.79. The largest absolute Gasteiger partial charge is 0.348 e. The SMILES string of the molecule is CCNC(=O)C(=O)Nc1c(Cl)cccc1Cl. The standard InChI is InChI=1S/C10H10Cl2N2O2/c1-2-13-9(15)10(16)14-8-6(11)4-3-5-7(8)12/h3-5H,2H2,1H3,(H,13,15)(H,14,16). The Hall–Kier alpha value is -1.26. The lowest BCUT2D eigenvalue weighted by Crippen LogP contribution is -2.35. The van der Waals surface area contributed by atoms with Crippen molar-refractivity contribution >= 4 is 40.7 Å². The Morgan fingerprint density at radius 1 is 1.19 bits per heavy atom. The molecule has 0 heterocycles. The minimum Gasteiger partial charge on any atom is -0.348 e. The molecule has 1 aromatic rings. The van der Waals surface area contributed by atoms with Crippen molar-refractivity contribution < 1.29 is 9.59 Å². The zero-order valence-corrected chi connectivity index (χ0v) is 10.0. The second kappa shape index (κ2) is 5.72. The van der Waals surface area contributed by atoms with E-state index in [-0.39, 0.29) is 15.7 Å². The third-order valence-corrected chi connectivity index (χ3v) is 2.37. The van der Waals surface area contributed by atoms with Crippen molar-refractivity contribution in [1.29, 1.82) is 0 Å². The van der Waals surface area contributed by atoms with E-state index in [0.717, 1.165) is 0 Å². The van der Waals surface area contributed by atoms with E-state index in [0.29, 0.717) is 6.54 Å². The highest BCUT2D eigenvalue weighted by molar-refractivity contribution is 6.44. The molecule has 0 spiro atoms. The van der Waals surface area contributed by atoms with Gasteiger partial charge in [-0.2, -0.15) is 0 Å². The molecule has 4 nitrogen and oxygen atoms in total. The van der Waals surface area contributed by atoms with E-state index in [1.807, 2.05) is 0 Å². The van der Waals surface area contributed by atoms with Crippen LogP contribution in [-0.2, 0) is 9.59 Å². The van der Waals surface area contributed by atoms with Crippen molar-refractivity contribution in [2.75, 3.05) is 11.9 Å². The number of carbonyl (C=O) groups excluding carboxylic acids is 2. The average Bonchev–Trinajstić information content (AvgIpc) is 2.23. The molecule has 0 aliphatic rings. The van der Waals surface area contributed by atoms with Gasteiger partial charge in [-0.1, -0.05) is 29.3 Å². The lowest BCUT2D eigenvalue weighted by Gasteiger charge is -2.08. The normalized spacial score (nSPS) is 9.69. The summed E-state index contributed by atoms with van der Waals surface area (Å²) in [6.07, 6.45) is 0. The lowest BCUT2D eigenvalue weighted by atomic mass is 10.3. The van der Waals surface area contributed by atoms with Crippen LogP contribution in [0.4, 0.5) is 5.69 Å². The summed E-state index contributed by atoms with van der Waals surface area (Å²) in [7, 11) is 0. The molecule has 0 saturated heterocycles.